The lowest BCUT2D eigenvalue weighted by atomic mass is 9.79. The minimum atomic E-state index is 0.320. The van der Waals surface area contributed by atoms with Crippen LogP contribution in [0.3, 0.4) is 0 Å². The first-order chi connectivity index (χ1) is 7.15. The topological polar surface area (TPSA) is 12.4 Å². The second-order valence-corrected chi connectivity index (χ2v) is 4.85. The summed E-state index contributed by atoms with van der Waals surface area (Å²) in [6.45, 7) is 4.50. The second kappa shape index (κ2) is 3.80. The van der Waals surface area contributed by atoms with Crippen LogP contribution in [-0.4, -0.2) is 12.8 Å². The zero-order valence-corrected chi connectivity index (χ0v) is 9.88. The summed E-state index contributed by atoms with van der Waals surface area (Å²) in [4.78, 5) is 4.29. The summed E-state index contributed by atoms with van der Waals surface area (Å²) in [7, 11) is 1.89. The first-order valence-electron chi connectivity index (χ1n) is 5.66. The number of benzene rings is 1. The Hall–Kier alpha value is -1.11. The zero-order chi connectivity index (χ0) is 10.9. The van der Waals surface area contributed by atoms with E-state index in [1.54, 1.807) is 0 Å². The summed E-state index contributed by atoms with van der Waals surface area (Å²) in [5, 5.41) is 0. The molecule has 1 nitrogen and oxygen atoms in total. The van der Waals surface area contributed by atoms with E-state index >= 15 is 0 Å². The monoisotopic (exact) mass is 201 g/mol. The third-order valence-corrected chi connectivity index (χ3v) is 3.64. The van der Waals surface area contributed by atoms with Crippen molar-refractivity contribution in [2.45, 2.75) is 38.5 Å². The van der Waals surface area contributed by atoms with Crippen molar-refractivity contribution in [1.29, 1.82) is 0 Å². The lowest BCUT2D eigenvalue weighted by Gasteiger charge is -2.25. The number of hydrogen-bond acceptors (Lipinski definition) is 1. The first kappa shape index (κ1) is 10.4. The molecule has 0 fully saturated rings. The molecule has 0 N–H and O–H groups in total. The summed E-state index contributed by atoms with van der Waals surface area (Å²) in [5.74, 6) is 0. The first-order valence-corrected chi connectivity index (χ1v) is 5.66. The zero-order valence-electron chi connectivity index (χ0n) is 9.88. The molecule has 0 aliphatic heterocycles. The number of aryl methyl sites for hydroxylation is 1. The Bertz CT molecular complexity index is 392. The van der Waals surface area contributed by atoms with Crippen molar-refractivity contribution in [3.63, 3.8) is 0 Å². The van der Waals surface area contributed by atoms with Gasteiger partial charge in [-0.3, -0.25) is 4.99 Å². The van der Waals surface area contributed by atoms with E-state index in [2.05, 4.69) is 43.1 Å². The van der Waals surface area contributed by atoms with E-state index in [0.29, 0.717) is 5.41 Å². The Morgan fingerprint density at radius 3 is 2.87 bits per heavy atom. The van der Waals surface area contributed by atoms with Crippen LogP contribution >= 0.6 is 0 Å². The molecule has 0 aromatic heterocycles. The van der Waals surface area contributed by atoms with Gasteiger partial charge in [0.1, 0.15) is 0 Å². The Balaban J connectivity index is 2.32. The quantitative estimate of drug-likeness (QED) is 0.650. The molecule has 1 aromatic carbocycles. The lowest BCUT2D eigenvalue weighted by molar-refractivity contribution is 0.488. The van der Waals surface area contributed by atoms with E-state index in [-0.39, 0.29) is 0 Å². The molecule has 1 heteroatoms. The Morgan fingerprint density at radius 2 is 2.13 bits per heavy atom. The van der Waals surface area contributed by atoms with E-state index in [1.165, 1.54) is 29.7 Å². The van der Waals surface area contributed by atoms with E-state index in [4.69, 9.17) is 0 Å². The van der Waals surface area contributed by atoms with Gasteiger partial charge in [0.2, 0.25) is 0 Å². The summed E-state index contributed by atoms with van der Waals surface area (Å²) >= 11 is 0. The molecule has 2 rings (SSSR count). The molecule has 0 amide bonds. The number of nitrogens with zero attached hydrogens (tertiary/aromatic N) is 1. The molecule has 0 saturated heterocycles. The van der Waals surface area contributed by atoms with Gasteiger partial charge in [0, 0.05) is 12.8 Å². The van der Waals surface area contributed by atoms with Crippen molar-refractivity contribution in [1.82, 2.24) is 0 Å². The third-order valence-electron chi connectivity index (χ3n) is 3.64. The van der Waals surface area contributed by atoms with Gasteiger partial charge in [0.15, 0.2) is 0 Å². The van der Waals surface area contributed by atoms with Crippen molar-refractivity contribution in [3.05, 3.63) is 35.4 Å². The standard InChI is InChI=1S/C14H19N/c1-11(15-3)10-14(2)9-8-12-6-4-5-7-13(12)14/h4-7H,8-10H2,1-3H3. The van der Waals surface area contributed by atoms with Crippen molar-refractivity contribution >= 4 is 5.71 Å². The van der Waals surface area contributed by atoms with Crippen LogP contribution in [0.2, 0.25) is 0 Å². The van der Waals surface area contributed by atoms with Gasteiger partial charge in [-0.2, -0.15) is 0 Å². The van der Waals surface area contributed by atoms with Crippen LogP contribution in [0.25, 0.3) is 0 Å². The smallest absolute Gasteiger partial charge is 0.0276 e. The minimum Gasteiger partial charge on any atom is -0.298 e. The minimum absolute atomic E-state index is 0.320. The SMILES string of the molecule is CN=C(C)CC1(C)CCc2ccccc21. The van der Waals surface area contributed by atoms with E-state index in [9.17, 15) is 0 Å². The van der Waals surface area contributed by atoms with Crippen molar-refractivity contribution in [2.24, 2.45) is 4.99 Å². The van der Waals surface area contributed by atoms with Gasteiger partial charge in [0.25, 0.3) is 0 Å². The molecule has 1 unspecified atom stereocenters. The molecule has 0 saturated carbocycles. The average Bonchev–Trinajstić information content (AvgIpc) is 2.57. The van der Waals surface area contributed by atoms with E-state index in [1.807, 2.05) is 7.05 Å². The highest BCUT2D eigenvalue weighted by Gasteiger charge is 2.33. The Kier molecular flexibility index (Phi) is 2.64. The maximum Gasteiger partial charge on any atom is 0.0276 e. The van der Waals surface area contributed by atoms with Crippen LogP contribution in [0.4, 0.5) is 0 Å². The van der Waals surface area contributed by atoms with Gasteiger partial charge in [-0.05, 0) is 42.7 Å². The normalized spacial score (nSPS) is 25.4. The average molecular weight is 201 g/mol. The number of hydrogen-bond donors (Lipinski definition) is 0. The highest BCUT2D eigenvalue weighted by Crippen LogP contribution is 2.41. The second-order valence-electron chi connectivity index (χ2n) is 4.85. The Morgan fingerprint density at radius 1 is 1.40 bits per heavy atom. The summed E-state index contributed by atoms with van der Waals surface area (Å²) < 4.78 is 0. The fraction of sp³-hybridized carbons (Fsp3) is 0.500. The molecule has 15 heavy (non-hydrogen) atoms. The van der Waals surface area contributed by atoms with Gasteiger partial charge in [-0.1, -0.05) is 31.2 Å². The highest BCUT2D eigenvalue weighted by atomic mass is 14.7. The molecule has 1 atom stereocenters. The van der Waals surface area contributed by atoms with Crippen LogP contribution < -0.4 is 0 Å². The summed E-state index contributed by atoms with van der Waals surface area (Å²) in [6.07, 6.45) is 3.59. The fourth-order valence-electron chi connectivity index (χ4n) is 2.70. The van der Waals surface area contributed by atoms with Crippen molar-refractivity contribution in [2.75, 3.05) is 7.05 Å². The van der Waals surface area contributed by atoms with Crippen molar-refractivity contribution in [3.8, 4) is 0 Å². The van der Waals surface area contributed by atoms with Gasteiger partial charge in [0.05, 0.1) is 0 Å². The van der Waals surface area contributed by atoms with Crippen LogP contribution in [0.5, 0.6) is 0 Å². The molecule has 1 aromatic rings. The van der Waals surface area contributed by atoms with Crippen LogP contribution in [-0.2, 0) is 11.8 Å². The molecule has 1 aliphatic carbocycles. The summed E-state index contributed by atoms with van der Waals surface area (Å²) in [6, 6.07) is 8.84. The molecule has 80 valence electrons. The number of rotatable bonds is 2. The molecule has 0 heterocycles. The van der Waals surface area contributed by atoms with Crippen LogP contribution in [0.1, 0.15) is 37.8 Å². The van der Waals surface area contributed by atoms with E-state index < -0.39 is 0 Å². The molecular weight excluding hydrogens is 182 g/mol. The molecule has 1 aliphatic rings. The van der Waals surface area contributed by atoms with Crippen LogP contribution in [0.15, 0.2) is 29.3 Å². The van der Waals surface area contributed by atoms with E-state index in [0.717, 1.165) is 6.42 Å². The predicted molar refractivity (Wildman–Crippen MR) is 65.8 cm³/mol. The Labute approximate surface area is 92.2 Å². The predicted octanol–water partition coefficient (Wildman–Crippen LogP) is 3.37. The van der Waals surface area contributed by atoms with Crippen LogP contribution in [0, 0.1) is 0 Å². The summed E-state index contributed by atoms with van der Waals surface area (Å²) in [5.41, 5.74) is 4.64. The molecule has 0 spiro atoms. The largest absolute Gasteiger partial charge is 0.298 e. The maximum atomic E-state index is 4.29. The molecule has 0 bridgehead atoms. The maximum absolute atomic E-state index is 4.29. The van der Waals surface area contributed by atoms with Gasteiger partial charge in [-0.15, -0.1) is 0 Å². The number of fused-ring (bicyclic) bond motifs is 1. The van der Waals surface area contributed by atoms with Gasteiger partial charge < -0.3 is 0 Å². The lowest BCUT2D eigenvalue weighted by Crippen LogP contribution is -2.21. The van der Waals surface area contributed by atoms with Gasteiger partial charge >= 0.3 is 0 Å². The molecule has 0 radical (unpaired) electrons. The molecular formula is C14H19N. The fourth-order valence-corrected chi connectivity index (χ4v) is 2.70. The highest BCUT2D eigenvalue weighted by molar-refractivity contribution is 5.83. The number of aliphatic imine (C=N–C) groups is 1. The third kappa shape index (κ3) is 1.83. The van der Waals surface area contributed by atoms with Crippen molar-refractivity contribution < 1.29 is 0 Å². The van der Waals surface area contributed by atoms with Gasteiger partial charge in [-0.25, -0.2) is 0 Å².